The molecule has 0 bridgehead atoms. The largest absolute Gasteiger partial charge is 0.469 e. The van der Waals surface area contributed by atoms with Gasteiger partial charge in [-0.3, -0.25) is 9.59 Å². The number of hydrogen-bond donors (Lipinski definition) is 2. The molecule has 0 amide bonds. The summed E-state index contributed by atoms with van der Waals surface area (Å²) < 4.78 is 4.59. The first kappa shape index (κ1) is 22.6. The summed E-state index contributed by atoms with van der Waals surface area (Å²) in [5, 5.41) is 20.2. The molecule has 0 aromatic rings. The topological polar surface area (TPSA) is 83.8 Å². The molecule has 0 aromatic carbocycles. The van der Waals surface area contributed by atoms with Crippen molar-refractivity contribution in [3.8, 4) is 0 Å². The van der Waals surface area contributed by atoms with Crippen molar-refractivity contribution in [2.45, 2.75) is 76.9 Å². The molecule has 1 aliphatic rings. The van der Waals surface area contributed by atoms with E-state index in [9.17, 15) is 19.8 Å². The molecular formula is C21H34O5. The van der Waals surface area contributed by atoms with Crippen LogP contribution >= 0.6 is 0 Å². The number of carbonyl (C=O) groups excluding carboxylic acids is 2. The average Bonchev–Trinajstić information content (AvgIpc) is 2.89. The number of carbonyl (C=O) groups is 2. The smallest absolute Gasteiger partial charge is 0.305 e. The Balaban J connectivity index is 2.46. The van der Waals surface area contributed by atoms with Gasteiger partial charge in [-0.25, -0.2) is 0 Å². The molecule has 0 heterocycles. The molecule has 4 atom stereocenters. The summed E-state index contributed by atoms with van der Waals surface area (Å²) in [6.07, 6.45) is 12.8. The Morgan fingerprint density at radius 1 is 1.31 bits per heavy atom. The van der Waals surface area contributed by atoms with Gasteiger partial charge in [-0.15, -0.1) is 0 Å². The monoisotopic (exact) mass is 366 g/mol. The Labute approximate surface area is 157 Å². The highest BCUT2D eigenvalue weighted by molar-refractivity contribution is 5.84. The van der Waals surface area contributed by atoms with Gasteiger partial charge in [0.2, 0.25) is 0 Å². The van der Waals surface area contributed by atoms with Gasteiger partial charge in [0.15, 0.2) is 0 Å². The number of ether oxygens (including phenoxy) is 1. The normalized spacial score (nSPS) is 24.6. The second-order valence-electron chi connectivity index (χ2n) is 7.05. The van der Waals surface area contributed by atoms with Gasteiger partial charge in [-0.1, -0.05) is 50.5 Å². The van der Waals surface area contributed by atoms with Crippen LogP contribution in [-0.4, -0.2) is 41.3 Å². The van der Waals surface area contributed by atoms with Crippen molar-refractivity contribution in [2.75, 3.05) is 7.11 Å². The first-order valence-corrected chi connectivity index (χ1v) is 9.78. The molecule has 0 unspecified atom stereocenters. The molecule has 0 radical (unpaired) electrons. The van der Waals surface area contributed by atoms with Gasteiger partial charge in [-0.05, 0) is 25.7 Å². The fourth-order valence-corrected chi connectivity index (χ4v) is 3.31. The fraction of sp³-hybridized carbons (Fsp3) is 0.714. The summed E-state index contributed by atoms with van der Waals surface area (Å²) in [6, 6.07) is 0. The number of hydrogen-bond acceptors (Lipinski definition) is 5. The van der Waals surface area contributed by atoms with Crippen molar-refractivity contribution in [3.63, 3.8) is 0 Å². The van der Waals surface area contributed by atoms with Crippen LogP contribution in [0.4, 0.5) is 0 Å². The first-order chi connectivity index (χ1) is 12.5. The predicted octanol–water partition coefficient (Wildman–Crippen LogP) is 3.34. The average molecular weight is 366 g/mol. The number of aliphatic hydroxyl groups excluding tert-OH is 2. The molecule has 0 aliphatic heterocycles. The van der Waals surface area contributed by atoms with E-state index in [-0.39, 0.29) is 30.0 Å². The van der Waals surface area contributed by atoms with Crippen LogP contribution in [0.2, 0.25) is 0 Å². The summed E-state index contributed by atoms with van der Waals surface area (Å²) in [4.78, 5) is 23.2. The third-order valence-corrected chi connectivity index (χ3v) is 4.93. The standard InChI is InChI=1S/C21H34O5/c1-3-4-7-10-16(22)13-14-18-17(19(23)15-20(18)24)11-8-5-6-9-12-21(25)26-2/h5,8,13-14,16-18,20,22,24H,3-4,6-7,9-12,15H2,1-2H3/b8-5+,14-13-/t16-,17+,18+,20+/m0/s1. The molecule has 1 rings (SSSR count). The lowest BCUT2D eigenvalue weighted by Gasteiger charge is -2.16. The molecule has 148 valence electrons. The van der Waals surface area contributed by atoms with E-state index >= 15 is 0 Å². The SMILES string of the molecule is CCCCC[C@H](O)/C=C\[C@H]1[C@H](O)CC(=O)[C@@H]1C/C=C/CCCC(=O)OC. The summed E-state index contributed by atoms with van der Waals surface area (Å²) in [5.41, 5.74) is 0. The van der Waals surface area contributed by atoms with Crippen LogP contribution in [0.25, 0.3) is 0 Å². The Hall–Kier alpha value is -1.46. The Morgan fingerprint density at radius 3 is 2.77 bits per heavy atom. The number of rotatable bonds is 12. The Morgan fingerprint density at radius 2 is 2.08 bits per heavy atom. The molecular weight excluding hydrogens is 332 g/mol. The quantitative estimate of drug-likeness (QED) is 0.314. The minimum Gasteiger partial charge on any atom is -0.469 e. The van der Waals surface area contributed by atoms with Gasteiger partial charge in [0, 0.05) is 24.7 Å². The minimum absolute atomic E-state index is 0.0758. The highest BCUT2D eigenvalue weighted by atomic mass is 16.5. The molecule has 0 spiro atoms. The van der Waals surface area contributed by atoms with Crippen LogP contribution in [0.1, 0.15) is 64.7 Å². The van der Waals surface area contributed by atoms with Gasteiger partial charge in [0.25, 0.3) is 0 Å². The lowest BCUT2D eigenvalue weighted by molar-refractivity contribution is -0.140. The van der Waals surface area contributed by atoms with Gasteiger partial charge >= 0.3 is 5.97 Å². The summed E-state index contributed by atoms with van der Waals surface area (Å²) in [6.45, 7) is 2.12. The van der Waals surface area contributed by atoms with Crippen LogP contribution in [0, 0.1) is 11.8 Å². The number of aliphatic hydroxyl groups is 2. The summed E-state index contributed by atoms with van der Waals surface area (Å²) in [7, 11) is 1.38. The van der Waals surface area contributed by atoms with E-state index in [1.165, 1.54) is 7.11 Å². The lowest BCUT2D eigenvalue weighted by Crippen LogP contribution is -2.18. The van der Waals surface area contributed by atoms with Gasteiger partial charge in [-0.2, -0.15) is 0 Å². The van der Waals surface area contributed by atoms with E-state index in [0.29, 0.717) is 19.3 Å². The number of unbranched alkanes of at least 4 members (excludes halogenated alkanes) is 3. The zero-order valence-corrected chi connectivity index (χ0v) is 16.1. The Bertz CT molecular complexity index is 483. The third kappa shape index (κ3) is 8.28. The molecule has 5 nitrogen and oxygen atoms in total. The van der Waals surface area contributed by atoms with E-state index < -0.39 is 12.2 Å². The van der Waals surface area contributed by atoms with Crippen LogP contribution in [-0.2, 0) is 14.3 Å². The highest BCUT2D eigenvalue weighted by Crippen LogP contribution is 2.33. The fourth-order valence-electron chi connectivity index (χ4n) is 3.31. The van der Waals surface area contributed by atoms with Crippen molar-refractivity contribution in [1.82, 2.24) is 0 Å². The van der Waals surface area contributed by atoms with E-state index in [0.717, 1.165) is 32.1 Å². The van der Waals surface area contributed by atoms with E-state index in [4.69, 9.17) is 0 Å². The van der Waals surface area contributed by atoms with Crippen LogP contribution in [0.3, 0.4) is 0 Å². The summed E-state index contributed by atoms with van der Waals surface area (Å²) in [5.74, 6) is -0.606. The van der Waals surface area contributed by atoms with E-state index in [1.54, 1.807) is 6.08 Å². The number of Topliss-reactive ketones (excluding diaryl/α,β-unsaturated/α-hetero) is 1. The van der Waals surface area contributed by atoms with Crippen LogP contribution in [0.5, 0.6) is 0 Å². The molecule has 1 saturated carbocycles. The number of allylic oxidation sites excluding steroid dienone is 2. The van der Waals surface area contributed by atoms with Crippen LogP contribution < -0.4 is 0 Å². The second-order valence-corrected chi connectivity index (χ2v) is 7.05. The van der Waals surface area contributed by atoms with Crippen molar-refractivity contribution in [2.24, 2.45) is 11.8 Å². The van der Waals surface area contributed by atoms with Crippen molar-refractivity contribution in [3.05, 3.63) is 24.3 Å². The third-order valence-electron chi connectivity index (χ3n) is 4.93. The second kappa shape index (κ2) is 12.8. The maximum absolute atomic E-state index is 12.1. The predicted molar refractivity (Wildman–Crippen MR) is 102 cm³/mol. The Kier molecular flexibility index (Phi) is 11.1. The maximum Gasteiger partial charge on any atom is 0.305 e. The molecule has 2 N–H and O–H groups in total. The molecule has 0 aromatic heterocycles. The number of esters is 1. The van der Waals surface area contributed by atoms with Crippen LogP contribution in [0.15, 0.2) is 24.3 Å². The van der Waals surface area contributed by atoms with Gasteiger partial charge in [0.1, 0.15) is 5.78 Å². The zero-order valence-electron chi connectivity index (χ0n) is 16.1. The number of ketones is 1. The minimum atomic E-state index is -0.667. The maximum atomic E-state index is 12.1. The van der Waals surface area contributed by atoms with Crippen molar-refractivity contribution >= 4 is 11.8 Å². The van der Waals surface area contributed by atoms with Gasteiger partial charge < -0.3 is 14.9 Å². The molecule has 0 saturated heterocycles. The lowest BCUT2D eigenvalue weighted by atomic mass is 9.90. The van der Waals surface area contributed by atoms with Crippen molar-refractivity contribution in [1.29, 1.82) is 0 Å². The molecule has 1 fully saturated rings. The first-order valence-electron chi connectivity index (χ1n) is 9.78. The van der Waals surface area contributed by atoms with Crippen molar-refractivity contribution < 1.29 is 24.5 Å². The molecule has 26 heavy (non-hydrogen) atoms. The van der Waals surface area contributed by atoms with Gasteiger partial charge in [0.05, 0.1) is 19.3 Å². The number of methoxy groups -OCH3 is 1. The summed E-state index contributed by atoms with van der Waals surface area (Å²) >= 11 is 0. The van der Waals surface area contributed by atoms with E-state index in [1.807, 2.05) is 18.2 Å². The molecule has 5 heteroatoms. The highest BCUT2D eigenvalue weighted by Gasteiger charge is 2.39. The molecule has 1 aliphatic carbocycles. The zero-order chi connectivity index (χ0) is 19.4. The van der Waals surface area contributed by atoms with E-state index in [2.05, 4.69) is 11.7 Å².